The molecule has 3 heteroatoms. The Kier molecular flexibility index (Phi) is 3.46. The molecule has 2 unspecified atom stereocenters. The summed E-state index contributed by atoms with van der Waals surface area (Å²) in [6.07, 6.45) is 12.2. The molecule has 1 fully saturated rings. The van der Waals surface area contributed by atoms with Crippen LogP contribution in [-0.2, 0) is 14.3 Å². The third-order valence-corrected chi connectivity index (χ3v) is 3.71. The average molecular weight is 234 g/mol. The minimum Gasteiger partial charge on any atom is -0.392 e. The molecule has 0 N–H and O–H groups in total. The fourth-order valence-electron chi connectivity index (χ4n) is 2.76. The number of allylic oxidation sites excluding steroid dienone is 3. The standard InChI is InChI=1S/C14H18O3/c1-2-3-4-6-9-14-10-7-5-8-11(14)12(15)17-13(14)16/h2-3,7,10-11H,4-6,8-9H2,1H3. The molecule has 1 aliphatic heterocycles. The van der Waals surface area contributed by atoms with Crippen molar-refractivity contribution >= 4 is 11.9 Å². The number of hydrogen-bond acceptors (Lipinski definition) is 3. The van der Waals surface area contributed by atoms with Gasteiger partial charge in [-0.3, -0.25) is 9.59 Å². The smallest absolute Gasteiger partial charge is 0.324 e. The van der Waals surface area contributed by atoms with Gasteiger partial charge in [0.25, 0.3) is 0 Å². The Morgan fingerprint density at radius 2 is 2.35 bits per heavy atom. The quantitative estimate of drug-likeness (QED) is 0.325. The Morgan fingerprint density at radius 3 is 3.12 bits per heavy atom. The fourth-order valence-corrected chi connectivity index (χ4v) is 2.76. The van der Waals surface area contributed by atoms with Crippen LogP contribution in [0.4, 0.5) is 0 Å². The van der Waals surface area contributed by atoms with E-state index < -0.39 is 5.41 Å². The first kappa shape index (κ1) is 12.1. The highest BCUT2D eigenvalue weighted by Crippen LogP contribution is 2.47. The first-order valence-electron chi connectivity index (χ1n) is 6.25. The van der Waals surface area contributed by atoms with Crippen LogP contribution >= 0.6 is 0 Å². The van der Waals surface area contributed by atoms with Gasteiger partial charge in [0.15, 0.2) is 0 Å². The summed E-state index contributed by atoms with van der Waals surface area (Å²) in [6, 6.07) is 0. The zero-order chi connectivity index (χ0) is 12.3. The molecule has 1 saturated heterocycles. The van der Waals surface area contributed by atoms with E-state index >= 15 is 0 Å². The highest BCUT2D eigenvalue weighted by Gasteiger charge is 2.55. The van der Waals surface area contributed by atoms with Crippen molar-refractivity contribution in [2.75, 3.05) is 0 Å². The Labute approximate surface area is 102 Å². The summed E-state index contributed by atoms with van der Waals surface area (Å²) in [5.74, 6) is -0.917. The average Bonchev–Trinajstić information content (AvgIpc) is 2.58. The topological polar surface area (TPSA) is 43.4 Å². The maximum absolute atomic E-state index is 11.9. The van der Waals surface area contributed by atoms with Crippen LogP contribution < -0.4 is 0 Å². The van der Waals surface area contributed by atoms with Crippen molar-refractivity contribution in [1.82, 2.24) is 0 Å². The predicted molar refractivity (Wildman–Crippen MR) is 64.1 cm³/mol. The highest BCUT2D eigenvalue weighted by atomic mass is 16.6. The summed E-state index contributed by atoms with van der Waals surface area (Å²) in [4.78, 5) is 23.5. The van der Waals surface area contributed by atoms with Gasteiger partial charge in [0.2, 0.25) is 0 Å². The summed E-state index contributed by atoms with van der Waals surface area (Å²) in [6.45, 7) is 1.98. The van der Waals surface area contributed by atoms with Crippen molar-refractivity contribution in [2.45, 2.75) is 39.0 Å². The summed E-state index contributed by atoms with van der Waals surface area (Å²) in [7, 11) is 0. The molecular formula is C14H18O3. The van der Waals surface area contributed by atoms with Crippen molar-refractivity contribution in [1.29, 1.82) is 0 Å². The number of ether oxygens (including phenoxy) is 1. The molecule has 0 aromatic carbocycles. The minimum absolute atomic E-state index is 0.245. The van der Waals surface area contributed by atoms with Crippen molar-refractivity contribution < 1.29 is 14.3 Å². The fraction of sp³-hybridized carbons (Fsp3) is 0.571. The third-order valence-electron chi connectivity index (χ3n) is 3.71. The van der Waals surface area contributed by atoms with Gasteiger partial charge >= 0.3 is 11.9 Å². The molecule has 2 rings (SSSR count). The lowest BCUT2D eigenvalue weighted by molar-refractivity contribution is -0.154. The number of fused-ring (bicyclic) bond motifs is 1. The van der Waals surface area contributed by atoms with Crippen molar-refractivity contribution in [3.05, 3.63) is 24.3 Å². The molecule has 92 valence electrons. The maximum atomic E-state index is 11.9. The second-order valence-electron chi connectivity index (χ2n) is 4.74. The Hall–Kier alpha value is -1.38. The third kappa shape index (κ3) is 2.06. The molecule has 2 atom stereocenters. The van der Waals surface area contributed by atoms with Crippen LogP contribution in [0.15, 0.2) is 24.3 Å². The zero-order valence-electron chi connectivity index (χ0n) is 10.1. The Morgan fingerprint density at radius 1 is 1.53 bits per heavy atom. The predicted octanol–water partition coefficient (Wildman–Crippen LogP) is 2.77. The number of esters is 2. The lowest BCUT2D eigenvalue weighted by Gasteiger charge is -2.29. The summed E-state index contributed by atoms with van der Waals surface area (Å²) in [5.41, 5.74) is -0.656. The van der Waals surface area contributed by atoms with Crippen LogP contribution in [0.5, 0.6) is 0 Å². The first-order valence-corrected chi connectivity index (χ1v) is 6.25. The van der Waals surface area contributed by atoms with Gasteiger partial charge in [-0.25, -0.2) is 0 Å². The zero-order valence-corrected chi connectivity index (χ0v) is 10.1. The number of carbonyl (C=O) groups excluding carboxylic acids is 2. The summed E-state index contributed by atoms with van der Waals surface area (Å²) >= 11 is 0. The van der Waals surface area contributed by atoms with Gasteiger partial charge in [0.1, 0.15) is 0 Å². The molecular weight excluding hydrogens is 216 g/mol. The van der Waals surface area contributed by atoms with Crippen molar-refractivity contribution in [3.8, 4) is 0 Å². The van der Waals surface area contributed by atoms with Crippen molar-refractivity contribution in [3.63, 3.8) is 0 Å². The molecule has 0 amide bonds. The van der Waals surface area contributed by atoms with Gasteiger partial charge in [-0.05, 0) is 39.0 Å². The molecule has 0 aromatic heterocycles. The van der Waals surface area contributed by atoms with Gasteiger partial charge in [-0.1, -0.05) is 24.3 Å². The molecule has 0 spiro atoms. The first-order chi connectivity index (χ1) is 8.20. The molecule has 0 saturated carbocycles. The minimum atomic E-state index is -0.656. The molecule has 0 aromatic rings. The van der Waals surface area contributed by atoms with Crippen LogP contribution in [-0.4, -0.2) is 11.9 Å². The molecule has 3 nitrogen and oxygen atoms in total. The normalized spacial score (nSPS) is 31.9. The van der Waals surface area contributed by atoms with E-state index in [0.717, 1.165) is 25.7 Å². The largest absolute Gasteiger partial charge is 0.392 e. The van der Waals surface area contributed by atoms with Crippen LogP contribution in [0, 0.1) is 11.3 Å². The lowest BCUT2D eigenvalue weighted by Crippen LogP contribution is -2.33. The second kappa shape index (κ2) is 4.86. The molecule has 0 radical (unpaired) electrons. The molecule has 1 heterocycles. The van der Waals surface area contributed by atoms with Crippen LogP contribution in [0.3, 0.4) is 0 Å². The number of carbonyl (C=O) groups is 2. The van der Waals surface area contributed by atoms with E-state index in [1.165, 1.54) is 0 Å². The lowest BCUT2D eigenvalue weighted by atomic mass is 9.69. The van der Waals surface area contributed by atoms with Gasteiger partial charge in [0, 0.05) is 0 Å². The molecule has 1 aliphatic carbocycles. The van der Waals surface area contributed by atoms with E-state index in [9.17, 15) is 9.59 Å². The number of hydrogen-bond donors (Lipinski definition) is 0. The van der Waals surface area contributed by atoms with Crippen LogP contribution in [0.2, 0.25) is 0 Å². The SMILES string of the molecule is CC=CCCCC12C=CCCC1C(=O)OC2=O. The monoisotopic (exact) mass is 234 g/mol. The molecule has 17 heavy (non-hydrogen) atoms. The maximum Gasteiger partial charge on any atom is 0.324 e. The van der Waals surface area contributed by atoms with Crippen LogP contribution in [0.25, 0.3) is 0 Å². The number of rotatable bonds is 4. The van der Waals surface area contributed by atoms with Gasteiger partial charge in [-0.2, -0.15) is 0 Å². The van der Waals surface area contributed by atoms with E-state index in [2.05, 4.69) is 6.08 Å². The van der Waals surface area contributed by atoms with E-state index in [-0.39, 0.29) is 17.9 Å². The van der Waals surface area contributed by atoms with E-state index in [4.69, 9.17) is 4.74 Å². The van der Waals surface area contributed by atoms with E-state index in [1.807, 2.05) is 25.2 Å². The van der Waals surface area contributed by atoms with Gasteiger partial charge in [-0.15, -0.1) is 0 Å². The van der Waals surface area contributed by atoms with E-state index in [1.54, 1.807) is 0 Å². The van der Waals surface area contributed by atoms with Crippen molar-refractivity contribution in [2.24, 2.45) is 11.3 Å². The highest BCUT2D eigenvalue weighted by molar-refractivity contribution is 6.00. The van der Waals surface area contributed by atoms with Crippen LogP contribution in [0.1, 0.15) is 39.0 Å². The van der Waals surface area contributed by atoms with Gasteiger partial charge in [0.05, 0.1) is 11.3 Å². The Bertz CT molecular complexity index is 381. The molecule has 2 aliphatic rings. The van der Waals surface area contributed by atoms with Gasteiger partial charge < -0.3 is 4.74 Å². The van der Waals surface area contributed by atoms with E-state index in [0.29, 0.717) is 6.42 Å². The molecule has 0 bridgehead atoms. The number of unbranched alkanes of at least 4 members (excludes halogenated alkanes) is 1. The summed E-state index contributed by atoms with van der Waals surface area (Å²) in [5, 5.41) is 0. The Balaban J connectivity index is 2.12. The summed E-state index contributed by atoms with van der Waals surface area (Å²) < 4.78 is 4.82. The number of cyclic esters (lactones) is 2. The second-order valence-corrected chi connectivity index (χ2v) is 4.74.